The molecule has 1 fully saturated rings. The summed E-state index contributed by atoms with van der Waals surface area (Å²) in [5.74, 6) is 0.316. The van der Waals surface area contributed by atoms with Crippen molar-refractivity contribution in [2.24, 2.45) is 7.05 Å². The van der Waals surface area contributed by atoms with Gasteiger partial charge in [0.2, 0.25) is 0 Å². The van der Waals surface area contributed by atoms with Crippen LogP contribution in [0.4, 0.5) is 15.0 Å². The van der Waals surface area contributed by atoms with E-state index in [-0.39, 0.29) is 23.8 Å². The second kappa shape index (κ2) is 11.3. The van der Waals surface area contributed by atoms with Gasteiger partial charge in [0.25, 0.3) is 0 Å². The highest BCUT2D eigenvalue weighted by Gasteiger charge is 2.35. The number of ether oxygens (including phenoxy) is 1. The second-order valence-corrected chi connectivity index (χ2v) is 9.68. The Balaban J connectivity index is 1.40. The van der Waals surface area contributed by atoms with Crippen molar-refractivity contribution in [3.8, 4) is 11.4 Å². The summed E-state index contributed by atoms with van der Waals surface area (Å²) in [6, 6.07) is 6.02. The number of carbonyl (C=O) groups is 1. The summed E-state index contributed by atoms with van der Waals surface area (Å²) in [5.41, 5.74) is 3.96. The lowest BCUT2D eigenvalue weighted by atomic mass is 9.94. The number of nitrogens with one attached hydrogen (secondary N) is 2. The molecule has 1 aromatic carbocycles. The monoisotopic (exact) mass is 520 g/mol. The fourth-order valence-corrected chi connectivity index (χ4v) is 5.08. The van der Waals surface area contributed by atoms with E-state index < -0.39 is 0 Å². The quantitative estimate of drug-likeness (QED) is 0.471. The van der Waals surface area contributed by atoms with Crippen LogP contribution in [-0.2, 0) is 11.8 Å². The van der Waals surface area contributed by atoms with Gasteiger partial charge >= 0.3 is 6.03 Å². The van der Waals surface area contributed by atoms with Crippen LogP contribution in [0, 0.1) is 12.7 Å². The summed E-state index contributed by atoms with van der Waals surface area (Å²) < 4.78 is 20.6. The molecule has 0 radical (unpaired) electrons. The van der Waals surface area contributed by atoms with E-state index >= 15 is 0 Å². The molecule has 2 aliphatic rings. The number of anilines is 1. The number of aromatic nitrogens is 5. The van der Waals surface area contributed by atoms with Crippen LogP contribution >= 0.6 is 0 Å². The topological polar surface area (TPSA) is 102 Å². The van der Waals surface area contributed by atoms with E-state index in [1.54, 1.807) is 37.2 Å². The van der Waals surface area contributed by atoms with Crippen molar-refractivity contribution in [3.05, 3.63) is 65.6 Å². The van der Waals surface area contributed by atoms with E-state index in [2.05, 4.69) is 37.9 Å². The summed E-state index contributed by atoms with van der Waals surface area (Å²) in [6.07, 6.45) is 9.74. The van der Waals surface area contributed by atoms with E-state index in [0.717, 1.165) is 42.8 Å². The first-order valence-corrected chi connectivity index (χ1v) is 12.8. The number of benzene rings is 1. The van der Waals surface area contributed by atoms with E-state index in [1.165, 1.54) is 16.9 Å². The van der Waals surface area contributed by atoms with Gasteiger partial charge in [-0.3, -0.25) is 10.2 Å². The van der Waals surface area contributed by atoms with E-state index in [9.17, 15) is 9.18 Å². The molecule has 1 aliphatic heterocycles. The molecule has 5 rings (SSSR count). The number of rotatable bonds is 8. The number of hydrogen-bond acceptors (Lipinski definition) is 6. The van der Waals surface area contributed by atoms with Crippen molar-refractivity contribution in [1.29, 1.82) is 0 Å². The minimum absolute atomic E-state index is 0.0170. The third kappa shape index (κ3) is 5.53. The van der Waals surface area contributed by atoms with Crippen LogP contribution in [0.5, 0.6) is 0 Å². The van der Waals surface area contributed by atoms with Gasteiger partial charge in [0, 0.05) is 45.3 Å². The molecule has 10 nitrogen and oxygen atoms in total. The molecule has 0 unspecified atom stereocenters. The lowest BCUT2D eigenvalue weighted by Gasteiger charge is -2.21. The molecule has 2 N–H and O–H groups in total. The molecule has 1 saturated heterocycles. The van der Waals surface area contributed by atoms with Crippen LogP contribution in [0.3, 0.4) is 0 Å². The van der Waals surface area contributed by atoms with Crippen LogP contribution in [0.2, 0.25) is 0 Å². The summed E-state index contributed by atoms with van der Waals surface area (Å²) in [6.45, 7) is 4.67. The number of amides is 2. The zero-order valence-corrected chi connectivity index (χ0v) is 21.9. The third-order valence-electron chi connectivity index (χ3n) is 7.04. The van der Waals surface area contributed by atoms with Gasteiger partial charge in [0.1, 0.15) is 23.0 Å². The Hall–Kier alpha value is -3.83. The zero-order chi connectivity index (χ0) is 26.6. The minimum Gasteiger partial charge on any atom is -0.383 e. The molecule has 0 saturated carbocycles. The van der Waals surface area contributed by atoms with Crippen molar-refractivity contribution < 1.29 is 13.9 Å². The second-order valence-electron chi connectivity index (χ2n) is 9.68. The van der Waals surface area contributed by atoms with Crippen molar-refractivity contribution in [1.82, 2.24) is 35.0 Å². The number of urea groups is 1. The number of nitrogens with zero attached hydrogens (tertiary/aromatic N) is 6. The number of methoxy groups -OCH3 is 1. The van der Waals surface area contributed by atoms with Crippen molar-refractivity contribution in [3.63, 3.8) is 0 Å². The predicted octanol–water partition coefficient (Wildman–Crippen LogP) is 3.55. The smallest absolute Gasteiger partial charge is 0.320 e. The molecule has 2 atom stereocenters. The van der Waals surface area contributed by atoms with Gasteiger partial charge in [-0.05, 0) is 43.5 Å². The minimum atomic E-state index is -0.328. The molecular weight excluding hydrogens is 487 g/mol. The first-order valence-electron chi connectivity index (χ1n) is 12.8. The summed E-state index contributed by atoms with van der Waals surface area (Å²) in [4.78, 5) is 17.2. The molecule has 38 heavy (non-hydrogen) atoms. The highest BCUT2D eigenvalue weighted by atomic mass is 19.1. The van der Waals surface area contributed by atoms with Gasteiger partial charge in [-0.25, -0.2) is 13.9 Å². The number of aryl methyl sites for hydroxylation is 1. The van der Waals surface area contributed by atoms with Gasteiger partial charge in [-0.2, -0.15) is 20.1 Å². The standard InChI is InChI=1S/C27H33FN8O2/c1-18-25(23-15-29-34(2)32-23)33-36(21-7-5-4-6-8-21)26(18)31-27(37)30-24-17-35(13-14-38-3)16-22(24)19-9-11-20(28)12-10-19/h5,7-12,15,22,24H,4,6,13-14,16-17H2,1-3H3,(H2,30,31,37)/t22-,24+/m0/s1. The fourth-order valence-electron chi connectivity index (χ4n) is 5.08. The van der Waals surface area contributed by atoms with Crippen molar-refractivity contribution in [2.45, 2.75) is 31.7 Å². The average molecular weight is 521 g/mol. The third-order valence-corrected chi connectivity index (χ3v) is 7.04. The largest absolute Gasteiger partial charge is 0.383 e. The summed E-state index contributed by atoms with van der Waals surface area (Å²) >= 11 is 0. The highest BCUT2D eigenvalue weighted by Crippen LogP contribution is 2.31. The predicted molar refractivity (Wildman–Crippen MR) is 143 cm³/mol. The molecule has 3 heterocycles. The average Bonchev–Trinajstić information content (AvgIpc) is 3.61. The molecule has 200 valence electrons. The molecule has 1 aliphatic carbocycles. The highest BCUT2D eigenvalue weighted by molar-refractivity contribution is 5.91. The molecular formula is C27H33FN8O2. The van der Waals surface area contributed by atoms with Gasteiger partial charge in [0.15, 0.2) is 0 Å². The van der Waals surface area contributed by atoms with Crippen LogP contribution in [0.1, 0.15) is 29.9 Å². The maximum Gasteiger partial charge on any atom is 0.320 e. The molecule has 11 heteroatoms. The molecule has 3 aromatic rings. The van der Waals surface area contributed by atoms with E-state index in [1.807, 2.05) is 13.0 Å². The van der Waals surface area contributed by atoms with E-state index in [4.69, 9.17) is 9.84 Å². The number of carbonyl (C=O) groups excluding carboxylic acids is 1. The number of hydrogen-bond donors (Lipinski definition) is 2. The zero-order valence-electron chi connectivity index (χ0n) is 21.9. The molecule has 2 aromatic heterocycles. The Kier molecular flexibility index (Phi) is 7.66. The fraction of sp³-hybridized carbons (Fsp3) is 0.407. The number of likely N-dealkylation sites (tertiary alicyclic amines) is 1. The molecule has 0 spiro atoms. The van der Waals surface area contributed by atoms with Gasteiger partial charge in [-0.15, -0.1) is 0 Å². The van der Waals surface area contributed by atoms with Crippen molar-refractivity contribution in [2.75, 3.05) is 38.7 Å². The Morgan fingerprint density at radius 1 is 1.18 bits per heavy atom. The Morgan fingerprint density at radius 3 is 2.68 bits per heavy atom. The number of halogens is 1. The van der Waals surface area contributed by atoms with E-state index in [0.29, 0.717) is 30.4 Å². The Bertz CT molecular complexity index is 1340. The first kappa shape index (κ1) is 25.8. The molecule has 0 bridgehead atoms. The van der Waals surface area contributed by atoms with Crippen LogP contribution in [0.15, 0.2) is 48.7 Å². The van der Waals surface area contributed by atoms with Crippen molar-refractivity contribution >= 4 is 17.5 Å². The maximum absolute atomic E-state index is 13.6. The SMILES string of the molecule is COCCN1C[C@@H](NC(=O)Nc2c(C)c(-c3cnn(C)n3)nn2C2=CCCC=C2)[C@H](c2ccc(F)cc2)C1. The van der Waals surface area contributed by atoms with Gasteiger partial charge in [0.05, 0.1) is 24.5 Å². The maximum atomic E-state index is 13.6. The Labute approximate surface area is 221 Å². The van der Waals surface area contributed by atoms with Crippen LogP contribution in [0.25, 0.3) is 17.1 Å². The number of allylic oxidation sites excluding steroid dienone is 4. The lowest BCUT2D eigenvalue weighted by molar-refractivity contribution is 0.159. The first-order chi connectivity index (χ1) is 18.4. The van der Waals surface area contributed by atoms with Gasteiger partial charge < -0.3 is 10.1 Å². The Morgan fingerprint density at radius 2 is 2.00 bits per heavy atom. The lowest BCUT2D eigenvalue weighted by Crippen LogP contribution is -2.42. The van der Waals surface area contributed by atoms with Crippen LogP contribution < -0.4 is 10.6 Å². The van der Waals surface area contributed by atoms with Crippen LogP contribution in [-0.4, -0.2) is 75.1 Å². The summed E-state index contributed by atoms with van der Waals surface area (Å²) in [7, 11) is 3.43. The van der Waals surface area contributed by atoms with Gasteiger partial charge in [-0.1, -0.05) is 24.3 Å². The normalized spacial score (nSPS) is 19.5. The summed E-state index contributed by atoms with van der Waals surface area (Å²) in [5, 5.41) is 19.6. The molecule has 2 amide bonds.